The van der Waals surface area contributed by atoms with Crippen LogP contribution in [0.15, 0.2) is 72.8 Å². The highest BCUT2D eigenvalue weighted by molar-refractivity contribution is 5.83. The molecular formula is C21H19N. The summed E-state index contributed by atoms with van der Waals surface area (Å²) in [6.45, 7) is 4.62. The number of hydrogen-bond donors (Lipinski definition) is 1. The Bertz CT molecular complexity index is 832. The molecule has 0 fully saturated rings. The second-order valence-electron chi connectivity index (χ2n) is 6.42. The highest BCUT2D eigenvalue weighted by Crippen LogP contribution is 2.49. The van der Waals surface area contributed by atoms with Gasteiger partial charge in [-0.3, -0.25) is 0 Å². The average molecular weight is 285 g/mol. The van der Waals surface area contributed by atoms with E-state index >= 15 is 0 Å². The number of para-hydroxylation sites is 1. The van der Waals surface area contributed by atoms with E-state index in [4.69, 9.17) is 0 Å². The van der Waals surface area contributed by atoms with Crippen molar-refractivity contribution < 1.29 is 0 Å². The van der Waals surface area contributed by atoms with Crippen molar-refractivity contribution in [1.82, 2.24) is 0 Å². The average Bonchev–Trinajstić information content (AvgIpc) is 2.77. The zero-order valence-corrected chi connectivity index (χ0v) is 12.9. The predicted molar refractivity (Wildman–Crippen MR) is 93.7 cm³/mol. The van der Waals surface area contributed by atoms with Gasteiger partial charge in [0.05, 0.1) is 0 Å². The topological polar surface area (TPSA) is 12.0 Å². The van der Waals surface area contributed by atoms with E-state index < -0.39 is 0 Å². The Balaban J connectivity index is 1.80. The number of hydrogen-bond acceptors (Lipinski definition) is 1. The Kier molecular flexibility index (Phi) is 2.83. The molecule has 3 aromatic rings. The molecule has 0 saturated carbocycles. The number of rotatable bonds is 2. The fraction of sp³-hybridized carbons (Fsp3) is 0.143. The molecular weight excluding hydrogens is 266 g/mol. The Morgan fingerprint density at radius 2 is 1.32 bits per heavy atom. The summed E-state index contributed by atoms with van der Waals surface area (Å²) in [5.41, 5.74) is 7.87. The van der Waals surface area contributed by atoms with Crippen LogP contribution < -0.4 is 5.32 Å². The molecule has 0 heterocycles. The minimum atomic E-state index is 0.0806. The van der Waals surface area contributed by atoms with Crippen molar-refractivity contribution in [3.8, 4) is 11.1 Å². The lowest BCUT2D eigenvalue weighted by Gasteiger charge is -2.21. The van der Waals surface area contributed by atoms with E-state index in [0.717, 1.165) is 11.4 Å². The summed E-state index contributed by atoms with van der Waals surface area (Å²) in [6, 6.07) is 25.8. The molecule has 0 unspecified atom stereocenters. The van der Waals surface area contributed by atoms with Gasteiger partial charge in [0.2, 0.25) is 0 Å². The molecule has 1 heteroatoms. The molecule has 0 bridgehead atoms. The van der Waals surface area contributed by atoms with Crippen LogP contribution in [0.1, 0.15) is 25.0 Å². The van der Waals surface area contributed by atoms with Crippen molar-refractivity contribution in [1.29, 1.82) is 0 Å². The summed E-state index contributed by atoms with van der Waals surface area (Å²) >= 11 is 0. The summed E-state index contributed by atoms with van der Waals surface area (Å²) in [7, 11) is 0. The lowest BCUT2D eigenvalue weighted by molar-refractivity contribution is 0.660. The van der Waals surface area contributed by atoms with Crippen LogP contribution in [0.3, 0.4) is 0 Å². The van der Waals surface area contributed by atoms with Gasteiger partial charge in [0.1, 0.15) is 0 Å². The molecule has 1 nitrogen and oxygen atoms in total. The van der Waals surface area contributed by atoms with Gasteiger partial charge < -0.3 is 5.32 Å². The molecule has 0 radical (unpaired) electrons. The van der Waals surface area contributed by atoms with Gasteiger partial charge in [0.15, 0.2) is 0 Å². The number of fused-ring (bicyclic) bond motifs is 3. The summed E-state index contributed by atoms with van der Waals surface area (Å²) in [5, 5.41) is 3.49. The number of benzene rings is 3. The smallest absolute Gasteiger partial charge is 0.0390 e. The monoisotopic (exact) mass is 285 g/mol. The van der Waals surface area contributed by atoms with Crippen LogP contribution in [0.2, 0.25) is 0 Å². The zero-order chi connectivity index (χ0) is 15.2. The van der Waals surface area contributed by atoms with Crippen molar-refractivity contribution in [2.45, 2.75) is 19.3 Å². The van der Waals surface area contributed by atoms with Crippen molar-refractivity contribution in [3.63, 3.8) is 0 Å². The van der Waals surface area contributed by atoms with Gasteiger partial charge in [-0.05, 0) is 46.5 Å². The molecule has 0 atom stereocenters. The van der Waals surface area contributed by atoms with Crippen LogP contribution in [0.5, 0.6) is 0 Å². The van der Waals surface area contributed by atoms with Gasteiger partial charge in [-0.1, -0.05) is 62.4 Å². The first-order valence-corrected chi connectivity index (χ1v) is 7.73. The van der Waals surface area contributed by atoms with Gasteiger partial charge in [0, 0.05) is 16.8 Å². The Morgan fingerprint density at radius 1 is 0.636 bits per heavy atom. The van der Waals surface area contributed by atoms with E-state index in [9.17, 15) is 0 Å². The third kappa shape index (κ3) is 1.93. The Morgan fingerprint density at radius 3 is 2.14 bits per heavy atom. The van der Waals surface area contributed by atoms with Gasteiger partial charge in [-0.15, -0.1) is 0 Å². The first-order chi connectivity index (χ1) is 10.7. The fourth-order valence-corrected chi connectivity index (χ4v) is 3.49. The van der Waals surface area contributed by atoms with Crippen molar-refractivity contribution in [2.75, 3.05) is 5.32 Å². The van der Waals surface area contributed by atoms with Crippen LogP contribution in [0.25, 0.3) is 11.1 Å². The largest absolute Gasteiger partial charge is 0.356 e. The second-order valence-corrected chi connectivity index (χ2v) is 6.42. The third-order valence-corrected chi connectivity index (χ3v) is 4.65. The number of anilines is 2. The molecule has 0 spiro atoms. The van der Waals surface area contributed by atoms with E-state index in [0.29, 0.717) is 0 Å². The Hall–Kier alpha value is -2.54. The van der Waals surface area contributed by atoms with E-state index in [1.165, 1.54) is 22.3 Å². The molecule has 1 aliphatic rings. The molecule has 0 amide bonds. The maximum absolute atomic E-state index is 3.49. The van der Waals surface area contributed by atoms with E-state index in [-0.39, 0.29) is 5.41 Å². The minimum Gasteiger partial charge on any atom is -0.356 e. The lowest BCUT2D eigenvalue weighted by Crippen LogP contribution is -2.14. The molecule has 108 valence electrons. The Labute approximate surface area is 131 Å². The molecule has 1 aliphatic carbocycles. The van der Waals surface area contributed by atoms with Crippen LogP contribution in [-0.2, 0) is 5.41 Å². The van der Waals surface area contributed by atoms with Crippen LogP contribution in [-0.4, -0.2) is 0 Å². The van der Waals surface area contributed by atoms with Crippen LogP contribution in [0, 0.1) is 0 Å². The quantitative estimate of drug-likeness (QED) is 0.633. The molecule has 1 N–H and O–H groups in total. The summed E-state index contributed by atoms with van der Waals surface area (Å²) in [5.74, 6) is 0. The molecule has 0 aromatic heterocycles. The number of nitrogens with one attached hydrogen (secondary N) is 1. The van der Waals surface area contributed by atoms with Crippen LogP contribution in [0.4, 0.5) is 11.4 Å². The van der Waals surface area contributed by atoms with Gasteiger partial charge >= 0.3 is 0 Å². The van der Waals surface area contributed by atoms with Gasteiger partial charge in [-0.2, -0.15) is 0 Å². The van der Waals surface area contributed by atoms with Crippen molar-refractivity contribution in [2.24, 2.45) is 0 Å². The summed E-state index contributed by atoms with van der Waals surface area (Å²) in [6.07, 6.45) is 0. The zero-order valence-electron chi connectivity index (χ0n) is 12.9. The highest BCUT2D eigenvalue weighted by Gasteiger charge is 2.34. The second kappa shape index (κ2) is 4.74. The maximum atomic E-state index is 3.49. The van der Waals surface area contributed by atoms with E-state index in [1.54, 1.807) is 0 Å². The van der Waals surface area contributed by atoms with Crippen molar-refractivity contribution in [3.05, 3.63) is 83.9 Å². The van der Waals surface area contributed by atoms with E-state index in [2.05, 4.69) is 73.8 Å². The van der Waals surface area contributed by atoms with Crippen LogP contribution >= 0.6 is 0 Å². The highest BCUT2D eigenvalue weighted by atomic mass is 14.9. The molecule has 22 heavy (non-hydrogen) atoms. The molecule has 0 aliphatic heterocycles. The predicted octanol–water partition coefficient (Wildman–Crippen LogP) is 5.74. The fourth-order valence-electron chi connectivity index (χ4n) is 3.49. The molecule has 0 saturated heterocycles. The van der Waals surface area contributed by atoms with Gasteiger partial charge in [0.25, 0.3) is 0 Å². The summed E-state index contributed by atoms with van der Waals surface area (Å²) in [4.78, 5) is 0. The molecule has 4 rings (SSSR count). The standard InChI is InChI=1S/C21H19N/c1-21(2)19-11-7-6-10-17(19)18-14-16(12-13-20(18)21)22-15-8-4-3-5-9-15/h3-14,22H,1-2H3. The normalized spacial score (nSPS) is 14.3. The molecule has 3 aromatic carbocycles. The first kappa shape index (κ1) is 13.1. The SMILES string of the molecule is CC1(C)c2ccccc2-c2cc(Nc3ccccc3)ccc21. The lowest BCUT2D eigenvalue weighted by atomic mass is 9.82. The minimum absolute atomic E-state index is 0.0806. The summed E-state index contributed by atoms with van der Waals surface area (Å²) < 4.78 is 0. The van der Waals surface area contributed by atoms with Gasteiger partial charge in [-0.25, -0.2) is 0 Å². The third-order valence-electron chi connectivity index (χ3n) is 4.65. The maximum Gasteiger partial charge on any atom is 0.0390 e. The van der Waals surface area contributed by atoms with E-state index in [1.807, 2.05) is 18.2 Å². The first-order valence-electron chi connectivity index (χ1n) is 7.73. The van der Waals surface area contributed by atoms with Crippen molar-refractivity contribution >= 4 is 11.4 Å².